The number of hydrogen-bond donors (Lipinski definition) is 1. The van der Waals surface area contributed by atoms with Gasteiger partial charge in [-0.05, 0) is 19.3 Å². The molecule has 2 rings (SSSR count). The first-order valence-corrected chi connectivity index (χ1v) is 7.22. The molecule has 0 radical (unpaired) electrons. The number of aromatic nitrogens is 2. The second kappa shape index (κ2) is 6.42. The highest BCUT2D eigenvalue weighted by atomic mass is 32.1. The van der Waals surface area contributed by atoms with Crippen molar-refractivity contribution in [3.63, 3.8) is 0 Å². The molecule has 0 bridgehead atoms. The molecule has 0 aromatic carbocycles. The molecule has 1 atom stereocenters. The zero-order valence-electron chi connectivity index (χ0n) is 10.6. The topological polar surface area (TPSA) is 47.0 Å². The highest BCUT2D eigenvalue weighted by Gasteiger charge is 2.16. The Morgan fingerprint density at radius 3 is 2.94 bits per heavy atom. The van der Waals surface area contributed by atoms with E-state index in [4.69, 9.17) is 4.74 Å². The maximum absolute atomic E-state index is 5.60. The third kappa shape index (κ3) is 4.33. The van der Waals surface area contributed by atoms with Gasteiger partial charge < -0.3 is 10.1 Å². The molecule has 0 amide bonds. The second-order valence-electron chi connectivity index (χ2n) is 4.80. The van der Waals surface area contributed by atoms with E-state index < -0.39 is 0 Å². The fraction of sp³-hybridized carbons (Fsp3) is 0.833. The summed E-state index contributed by atoms with van der Waals surface area (Å²) in [5, 5.41) is 14.0. The first-order valence-electron chi connectivity index (χ1n) is 6.40. The molecule has 1 aliphatic rings. The zero-order chi connectivity index (χ0) is 12.1. The lowest BCUT2D eigenvalue weighted by atomic mass is 10.1. The molecular weight excluding hydrogens is 234 g/mol. The molecule has 0 saturated carbocycles. The van der Waals surface area contributed by atoms with Gasteiger partial charge in [-0.3, -0.25) is 0 Å². The van der Waals surface area contributed by atoms with Gasteiger partial charge in [0.05, 0.1) is 6.10 Å². The minimum absolute atomic E-state index is 0.455. The molecular formula is C12H21N3OS. The van der Waals surface area contributed by atoms with Gasteiger partial charge in [0.1, 0.15) is 10.0 Å². The Hall–Kier alpha value is -0.520. The van der Waals surface area contributed by atoms with Crippen molar-refractivity contribution in [3.05, 3.63) is 10.0 Å². The molecule has 1 unspecified atom stereocenters. The number of nitrogens with zero attached hydrogens (tertiary/aromatic N) is 2. The highest BCUT2D eigenvalue weighted by Crippen LogP contribution is 2.19. The number of rotatable bonds is 6. The number of hydrogen-bond acceptors (Lipinski definition) is 5. The Labute approximate surface area is 107 Å². The summed E-state index contributed by atoms with van der Waals surface area (Å²) >= 11 is 1.72. The number of aryl methyl sites for hydroxylation is 1. The normalized spacial score (nSPS) is 20.3. The van der Waals surface area contributed by atoms with E-state index in [0.717, 1.165) is 36.0 Å². The van der Waals surface area contributed by atoms with Gasteiger partial charge in [-0.1, -0.05) is 13.8 Å². The Morgan fingerprint density at radius 1 is 1.41 bits per heavy atom. The third-order valence-electron chi connectivity index (χ3n) is 2.87. The average Bonchev–Trinajstić information content (AvgIpc) is 2.95. The van der Waals surface area contributed by atoms with Crippen LogP contribution >= 0.6 is 11.3 Å². The Morgan fingerprint density at radius 2 is 2.24 bits per heavy atom. The van der Waals surface area contributed by atoms with Crippen molar-refractivity contribution in [3.8, 4) is 0 Å². The molecule has 1 aromatic heterocycles. The first-order chi connectivity index (χ1) is 8.24. The zero-order valence-corrected chi connectivity index (χ0v) is 11.4. The lowest BCUT2D eigenvalue weighted by Gasteiger charge is -2.06. The van der Waals surface area contributed by atoms with Crippen LogP contribution < -0.4 is 5.32 Å². The van der Waals surface area contributed by atoms with Crippen molar-refractivity contribution in [2.45, 2.75) is 58.2 Å². The van der Waals surface area contributed by atoms with Gasteiger partial charge in [0, 0.05) is 25.6 Å². The molecule has 1 fully saturated rings. The Bertz CT molecular complexity index is 334. The Kier molecular flexibility index (Phi) is 4.88. The smallest absolute Gasteiger partial charge is 0.131 e. The van der Waals surface area contributed by atoms with Gasteiger partial charge in [-0.15, -0.1) is 21.5 Å². The van der Waals surface area contributed by atoms with Gasteiger partial charge in [-0.2, -0.15) is 0 Å². The molecule has 2 heterocycles. The summed E-state index contributed by atoms with van der Waals surface area (Å²) in [6, 6.07) is 0.495. The van der Waals surface area contributed by atoms with Crippen molar-refractivity contribution in [2.24, 2.45) is 0 Å². The summed E-state index contributed by atoms with van der Waals surface area (Å²) < 4.78 is 5.60. The average molecular weight is 255 g/mol. The van der Waals surface area contributed by atoms with Crippen LogP contribution in [0.2, 0.25) is 0 Å². The number of ether oxygens (including phenoxy) is 1. The summed E-state index contributed by atoms with van der Waals surface area (Å²) in [5.74, 6) is 0. The van der Waals surface area contributed by atoms with E-state index in [2.05, 4.69) is 29.4 Å². The van der Waals surface area contributed by atoms with Crippen LogP contribution in [0.4, 0.5) is 0 Å². The minimum Gasteiger partial charge on any atom is -0.378 e. The van der Waals surface area contributed by atoms with Crippen LogP contribution in [0.3, 0.4) is 0 Å². The van der Waals surface area contributed by atoms with Crippen LogP contribution in [-0.2, 0) is 17.7 Å². The second-order valence-corrected chi connectivity index (χ2v) is 5.95. The molecule has 17 heavy (non-hydrogen) atoms. The van der Waals surface area contributed by atoms with Crippen molar-refractivity contribution in [1.29, 1.82) is 0 Å². The molecule has 0 aliphatic carbocycles. The molecule has 1 N–H and O–H groups in total. The van der Waals surface area contributed by atoms with E-state index in [1.165, 1.54) is 12.8 Å². The predicted molar refractivity (Wildman–Crippen MR) is 69.2 cm³/mol. The van der Waals surface area contributed by atoms with Crippen LogP contribution in [0.15, 0.2) is 0 Å². The molecule has 1 aromatic rings. The standard InChI is InChI=1S/C12H21N3OS/c1-9(2)13-8-12-15-14-11(17-12)6-5-10-4-3-7-16-10/h9-10,13H,3-8H2,1-2H3. The van der Waals surface area contributed by atoms with Crippen LogP contribution in [-0.4, -0.2) is 29.0 Å². The van der Waals surface area contributed by atoms with Gasteiger partial charge in [-0.25, -0.2) is 0 Å². The third-order valence-corrected chi connectivity index (χ3v) is 3.86. The van der Waals surface area contributed by atoms with E-state index in [0.29, 0.717) is 12.1 Å². The van der Waals surface area contributed by atoms with Gasteiger partial charge >= 0.3 is 0 Å². The van der Waals surface area contributed by atoms with E-state index in [1.54, 1.807) is 11.3 Å². The molecule has 96 valence electrons. The highest BCUT2D eigenvalue weighted by molar-refractivity contribution is 7.11. The van der Waals surface area contributed by atoms with E-state index in [9.17, 15) is 0 Å². The largest absolute Gasteiger partial charge is 0.378 e. The maximum Gasteiger partial charge on any atom is 0.131 e. The minimum atomic E-state index is 0.455. The first kappa shape index (κ1) is 12.9. The van der Waals surface area contributed by atoms with Crippen LogP contribution in [0.25, 0.3) is 0 Å². The van der Waals surface area contributed by atoms with Gasteiger partial charge in [0.2, 0.25) is 0 Å². The molecule has 1 saturated heterocycles. The van der Waals surface area contributed by atoms with Crippen molar-refractivity contribution >= 4 is 11.3 Å². The van der Waals surface area contributed by atoms with E-state index >= 15 is 0 Å². The van der Waals surface area contributed by atoms with Crippen molar-refractivity contribution in [2.75, 3.05) is 6.61 Å². The summed E-state index contributed by atoms with van der Waals surface area (Å²) in [6.07, 6.45) is 4.97. The fourth-order valence-electron chi connectivity index (χ4n) is 1.91. The summed E-state index contributed by atoms with van der Waals surface area (Å²) in [7, 11) is 0. The van der Waals surface area contributed by atoms with E-state index in [1.807, 2.05) is 0 Å². The molecule has 0 spiro atoms. The number of nitrogens with one attached hydrogen (secondary N) is 1. The summed E-state index contributed by atoms with van der Waals surface area (Å²) in [6.45, 7) is 6.04. The molecule has 4 nitrogen and oxygen atoms in total. The SMILES string of the molecule is CC(C)NCc1nnc(CCC2CCCO2)s1. The van der Waals surface area contributed by atoms with Gasteiger partial charge in [0.25, 0.3) is 0 Å². The van der Waals surface area contributed by atoms with Crippen LogP contribution in [0.1, 0.15) is 43.1 Å². The summed E-state index contributed by atoms with van der Waals surface area (Å²) in [5.41, 5.74) is 0. The predicted octanol–water partition coefficient (Wildman–Crippen LogP) is 2.15. The molecule has 1 aliphatic heterocycles. The van der Waals surface area contributed by atoms with Crippen molar-refractivity contribution in [1.82, 2.24) is 15.5 Å². The monoisotopic (exact) mass is 255 g/mol. The van der Waals surface area contributed by atoms with Gasteiger partial charge in [0.15, 0.2) is 0 Å². The molecule has 5 heteroatoms. The summed E-state index contributed by atoms with van der Waals surface area (Å²) in [4.78, 5) is 0. The quantitative estimate of drug-likeness (QED) is 0.846. The lowest BCUT2D eigenvalue weighted by Crippen LogP contribution is -2.21. The van der Waals surface area contributed by atoms with Crippen molar-refractivity contribution < 1.29 is 4.74 Å². The fourth-order valence-corrected chi connectivity index (χ4v) is 2.72. The lowest BCUT2D eigenvalue weighted by molar-refractivity contribution is 0.104. The van der Waals surface area contributed by atoms with Crippen LogP contribution in [0, 0.1) is 0 Å². The Balaban J connectivity index is 1.73. The van der Waals surface area contributed by atoms with Crippen LogP contribution in [0.5, 0.6) is 0 Å². The maximum atomic E-state index is 5.60. The van der Waals surface area contributed by atoms with E-state index in [-0.39, 0.29) is 0 Å².